The Balaban J connectivity index is 0.00000274. The molecule has 2 aliphatic rings. The summed E-state index contributed by atoms with van der Waals surface area (Å²) in [5, 5.41) is 9.09. The van der Waals surface area contributed by atoms with E-state index < -0.39 is 5.97 Å². The molecule has 1 saturated heterocycles. The summed E-state index contributed by atoms with van der Waals surface area (Å²) in [6.07, 6.45) is 2.54. The van der Waals surface area contributed by atoms with Gasteiger partial charge in [0, 0.05) is 50.9 Å². The lowest BCUT2D eigenvalue weighted by atomic mass is 9.96. The zero-order valence-corrected chi connectivity index (χ0v) is 19.8. The second-order valence-corrected chi connectivity index (χ2v) is 8.62. The molecule has 0 amide bonds. The number of anilines is 3. The van der Waals surface area contributed by atoms with Crippen LogP contribution >= 0.6 is 12.4 Å². The molecule has 1 fully saturated rings. The molecule has 34 heavy (non-hydrogen) atoms. The molecule has 0 atom stereocenters. The van der Waals surface area contributed by atoms with Crippen molar-refractivity contribution in [1.29, 1.82) is 0 Å². The summed E-state index contributed by atoms with van der Waals surface area (Å²) in [5.74, 6) is 0.134. The van der Waals surface area contributed by atoms with Crippen molar-refractivity contribution >= 4 is 35.8 Å². The quantitative estimate of drug-likeness (QED) is 0.580. The summed E-state index contributed by atoms with van der Waals surface area (Å²) in [7, 11) is 2.13. The predicted octanol–water partition coefficient (Wildman–Crippen LogP) is 2.56. The minimum atomic E-state index is -1.02. The topological polar surface area (TPSA) is 112 Å². The molecule has 9 nitrogen and oxygen atoms in total. The fourth-order valence-corrected chi connectivity index (χ4v) is 4.43. The molecule has 5 rings (SSSR count). The number of hydrogen-bond acceptors (Lipinski definition) is 8. The molecule has 0 unspecified atom stereocenters. The number of pyridine rings is 1. The SMILES string of the molecule is CN1CCN(c2cc(-c3ccc4c(c3)CN(c3ccc(C(=O)O)nc3)CC4)nc(N)n2)CC1.Cl. The van der Waals surface area contributed by atoms with Crippen molar-refractivity contribution in [2.75, 3.05) is 55.3 Å². The lowest BCUT2D eigenvalue weighted by Gasteiger charge is -2.33. The molecule has 3 N–H and O–H groups in total. The van der Waals surface area contributed by atoms with Gasteiger partial charge in [-0.1, -0.05) is 12.1 Å². The number of aromatic nitrogens is 3. The van der Waals surface area contributed by atoms with Crippen LogP contribution in [0.5, 0.6) is 0 Å². The van der Waals surface area contributed by atoms with E-state index in [1.807, 2.05) is 12.1 Å². The van der Waals surface area contributed by atoms with Crippen LogP contribution < -0.4 is 15.5 Å². The number of fused-ring (bicyclic) bond motifs is 1. The van der Waals surface area contributed by atoms with Crippen LogP contribution in [0.25, 0.3) is 11.3 Å². The Labute approximate surface area is 204 Å². The molecule has 1 aromatic carbocycles. The highest BCUT2D eigenvalue weighted by atomic mass is 35.5. The fourth-order valence-electron chi connectivity index (χ4n) is 4.43. The number of likely N-dealkylation sites (N-methyl/N-ethyl adjacent to an activating group) is 1. The van der Waals surface area contributed by atoms with E-state index in [0.29, 0.717) is 0 Å². The molecule has 0 radical (unpaired) electrons. The van der Waals surface area contributed by atoms with E-state index in [1.54, 1.807) is 12.3 Å². The van der Waals surface area contributed by atoms with E-state index in [1.165, 1.54) is 11.1 Å². The average Bonchev–Trinajstić information content (AvgIpc) is 2.83. The Morgan fingerprint density at radius 1 is 0.971 bits per heavy atom. The van der Waals surface area contributed by atoms with Gasteiger partial charge in [0.15, 0.2) is 0 Å². The van der Waals surface area contributed by atoms with Gasteiger partial charge < -0.3 is 25.5 Å². The van der Waals surface area contributed by atoms with Crippen LogP contribution in [0.2, 0.25) is 0 Å². The minimum absolute atomic E-state index is 0. The number of hydrogen-bond donors (Lipinski definition) is 2. The first-order valence-electron chi connectivity index (χ1n) is 11.1. The number of carboxylic acids is 1. The van der Waals surface area contributed by atoms with Gasteiger partial charge in [-0.25, -0.2) is 14.8 Å². The minimum Gasteiger partial charge on any atom is -0.477 e. The van der Waals surface area contributed by atoms with Crippen LogP contribution in [-0.4, -0.2) is 70.7 Å². The van der Waals surface area contributed by atoms with Gasteiger partial charge in [0.05, 0.1) is 17.6 Å². The second kappa shape index (κ2) is 9.82. The number of aromatic carboxylic acids is 1. The Morgan fingerprint density at radius 3 is 2.47 bits per heavy atom. The average molecular weight is 482 g/mol. The van der Waals surface area contributed by atoms with E-state index in [9.17, 15) is 4.79 Å². The number of carboxylic acid groups (broad SMARTS) is 1. The van der Waals surface area contributed by atoms with E-state index >= 15 is 0 Å². The highest BCUT2D eigenvalue weighted by Crippen LogP contribution is 2.29. The summed E-state index contributed by atoms with van der Waals surface area (Å²) >= 11 is 0. The Bertz CT molecular complexity index is 1180. The van der Waals surface area contributed by atoms with Crippen LogP contribution in [0, 0.1) is 0 Å². The van der Waals surface area contributed by atoms with Crippen molar-refractivity contribution in [3.63, 3.8) is 0 Å². The number of nitrogen functional groups attached to an aromatic ring is 1. The molecule has 10 heteroatoms. The number of nitrogens with zero attached hydrogens (tertiary/aromatic N) is 6. The number of nitrogens with two attached hydrogens (primary N) is 1. The van der Waals surface area contributed by atoms with Crippen molar-refractivity contribution in [3.8, 4) is 11.3 Å². The third-order valence-electron chi connectivity index (χ3n) is 6.40. The number of carbonyl (C=O) groups is 1. The molecule has 2 aliphatic heterocycles. The third kappa shape index (κ3) is 4.90. The van der Waals surface area contributed by atoms with Gasteiger partial charge >= 0.3 is 5.97 Å². The summed E-state index contributed by atoms with van der Waals surface area (Å²) in [6, 6.07) is 11.8. The maximum absolute atomic E-state index is 11.1. The van der Waals surface area contributed by atoms with E-state index in [0.717, 1.165) is 68.5 Å². The number of halogens is 1. The first-order chi connectivity index (χ1) is 16.0. The lowest BCUT2D eigenvalue weighted by molar-refractivity contribution is 0.0690. The van der Waals surface area contributed by atoms with Gasteiger partial charge in [-0.05, 0) is 42.8 Å². The molecule has 2 aromatic heterocycles. The zero-order chi connectivity index (χ0) is 22.9. The van der Waals surface area contributed by atoms with Crippen molar-refractivity contribution in [1.82, 2.24) is 19.9 Å². The monoisotopic (exact) mass is 481 g/mol. The third-order valence-corrected chi connectivity index (χ3v) is 6.40. The van der Waals surface area contributed by atoms with Crippen molar-refractivity contribution in [2.45, 2.75) is 13.0 Å². The second-order valence-electron chi connectivity index (χ2n) is 8.62. The molecular weight excluding hydrogens is 454 g/mol. The molecule has 4 heterocycles. The first kappa shape index (κ1) is 23.7. The van der Waals surface area contributed by atoms with Crippen LogP contribution in [0.4, 0.5) is 17.5 Å². The Morgan fingerprint density at radius 2 is 1.76 bits per heavy atom. The van der Waals surface area contributed by atoms with Gasteiger partial charge in [-0.3, -0.25) is 0 Å². The molecular formula is C24H28ClN7O2. The molecule has 0 bridgehead atoms. The van der Waals surface area contributed by atoms with Gasteiger partial charge in [-0.15, -0.1) is 12.4 Å². The number of benzene rings is 1. The Hall–Kier alpha value is -3.43. The summed E-state index contributed by atoms with van der Waals surface area (Å²) in [4.78, 5) is 30.9. The predicted molar refractivity (Wildman–Crippen MR) is 135 cm³/mol. The lowest BCUT2D eigenvalue weighted by Crippen LogP contribution is -2.44. The largest absolute Gasteiger partial charge is 0.477 e. The molecule has 3 aromatic rings. The molecule has 0 saturated carbocycles. The standard InChI is InChI=1S/C24H27N7O2.ClH/c1-29-8-10-30(11-9-29)22-13-21(27-24(25)28-22)17-3-2-16-6-7-31(15-18(16)12-17)19-4-5-20(23(32)33)26-14-19;/h2-5,12-14H,6-11,15H2,1H3,(H,32,33)(H2,25,27,28);1H. The first-order valence-corrected chi connectivity index (χ1v) is 11.1. The van der Waals surface area contributed by atoms with Gasteiger partial charge in [-0.2, -0.15) is 4.98 Å². The van der Waals surface area contributed by atoms with Crippen molar-refractivity contribution < 1.29 is 9.90 Å². The smallest absolute Gasteiger partial charge is 0.354 e. The van der Waals surface area contributed by atoms with Crippen LogP contribution in [0.3, 0.4) is 0 Å². The van der Waals surface area contributed by atoms with Gasteiger partial charge in [0.25, 0.3) is 0 Å². The molecule has 178 valence electrons. The number of rotatable bonds is 4. The van der Waals surface area contributed by atoms with E-state index in [4.69, 9.17) is 10.8 Å². The van der Waals surface area contributed by atoms with Crippen LogP contribution in [0.1, 0.15) is 21.6 Å². The highest BCUT2D eigenvalue weighted by Gasteiger charge is 2.20. The van der Waals surface area contributed by atoms with Crippen molar-refractivity contribution in [3.05, 3.63) is 59.4 Å². The van der Waals surface area contributed by atoms with E-state index in [2.05, 4.69) is 54.9 Å². The van der Waals surface area contributed by atoms with Crippen molar-refractivity contribution in [2.24, 2.45) is 0 Å². The molecule has 0 spiro atoms. The van der Waals surface area contributed by atoms with Crippen LogP contribution in [-0.2, 0) is 13.0 Å². The Kier molecular flexibility index (Phi) is 6.85. The summed E-state index contributed by atoms with van der Waals surface area (Å²) < 4.78 is 0. The fraction of sp³-hybridized carbons (Fsp3) is 0.333. The summed E-state index contributed by atoms with van der Waals surface area (Å²) in [6.45, 7) is 5.41. The maximum Gasteiger partial charge on any atom is 0.354 e. The maximum atomic E-state index is 11.1. The number of piperazine rings is 1. The zero-order valence-electron chi connectivity index (χ0n) is 19.0. The molecule has 0 aliphatic carbocycles. The van der Waals surface area contributed by atoms with E-state index in [-0.39, 0.29) is 24.0 Å². The van der Waals surface area contributed by atoms with Gasteiger partial charge in [0.2, 0.25) is 5.95 Å². The van der Waals surface area contributed by atoms with Crippen LogP contribution in [0.15, 0.2) is 42.6 Å². The normalized spacial score (nSPS) is 16.0. The highest BCUT2D eigenvalue weighted by molar-refractivity contribution is 5.85. The summed E-state index contributed by atoms with van der Waals surface area (Å²) in [5.41, 5.74) is 11.4. The van der Waals surface area contributed by atoms with Gasteiger partial charge in [0.1, 0.15) is 11.5 Å².